The molecule has 11 unspecified atom stereocenters. The number of methoxy groups -OCH3 is 1. The van der Waals surface area contributed by atoms with E-state index in [1.165, 1.54) is 19.1 Å². The van der Waals surface area contributed by atoms with Crippen molar-refractivity contribution in [3.63, 3.8) is 0 Å². The van der Waals surface area contributed by atoms with Gasteiger partial charge in [-0.15, -0.1) is 0 Å². The highest BCUT2D eigenvalue weighted by molar-refractivity contribution is 5.70. The molecule has 1 aromatic carbocycles. The zero-order chi connectivity index (χ0) is 39.7. The number of carbonyl (C=O) groups is 2. The Bertz CT molecular complexity index is 1460. The molecule has 0 aliphatic carbocycles. The lowest BCUT2D eigenvalue weighted by molar-refractivity contribution is -0.156. The third kappa shape index (κ3) is 12.5. The van der Waals surface area contributed by atoms with Crippen molar-refractivity contribution in [3.8, 4) is 0 Å². The van der Waals surface area contributed by atoms with Gasteiger partial charge in [0, 0.05) is 57.0 Å². The first kappa shape index (κ1) is 44.4. The number of benzene rings is 1. The molecule has 298 valence electrons. The fourth-order valence-electron chi connectivity index (χ4n) is 7.39. The van der Waals surface area contributed by atoms with E-state index in [0.29, 0.717) is 18.4 Å². The summed E-state index contributed by atoms with van der Waals surface area (Å²) in [4.78, 5) is 26.7. The molecular formula is C41H61F2NO9. The molecule has 0 saturated carbocycles. The van der Waals surface area contributed by atoms with Crippen molar-refractivity contribution >= 4 is 11.9 Å². The molecule has 3 rings (SSSR count). The van der Waals surface area contributed by atoms with Gasteiger partial charge in [-0.25, -0.2) is 8.78 Å². The monoisotopic (exact) mass is 749 g/mol. The van der Waals surface area contributed by atoms with E-state index in [-0.39, 0.29) is 67.6 Å². The quantitative estimate of drug-likeness (QED) is 0.0872. The van der Waals surface area contributed by atoms with Gasteiger partial charge in [0.25, 0.3) is 0 Å². The number of epoxide rings is 1. The SMILES string of the molecule is CCC(OC)C(C)C1OC1C(N(CCO)Cc1ccc(F)cc1F)C(C)(O)C=CC=C(C)C1OC(=O)CC(C)CCC(C)(O)C(OC(C)=O)C=CC1C. The molecule has 1 fully saturated rings. The predicted octanol–water partition coefficient (Wildman–Crippen LogP) is 5.82. The lowest BCUT2D eigenvalue weighted by Gasteiger charge is -2.39. The Morgan fingerprint density at radius 2 is 1.91 bits per heavy atom. The lowest BCUT2D eigenvalue weighted by Crippen LogP contribution is -2.55. The largest absolute Gasteiger partial charge is 0.457 e. The average molecular weight is 750 g/mol. The highest BCUT2D eigenvalue weighted by Gasteiger charge is 2.56. The molecule has 0 bridgehead atoms. The van der Waals surface area contributed by atoms with Crippen LogP contribution in [-0.2, 0) is 35.1 Å². The van der Waals surface area contributed by atoms with Crippen LogP contribution in [0.3, 0.4) is 0 Å². The number of aliphatic hydroxyl groups excluding tert-OH is 1. The Morgan fingerprint density at radius 3 is 2.51 bits per heavy atom. The van der Waals surface area contributed by atoms with Gasteiger partial charge in [-0.2, -0.15) is 0 Å². The maximum absolute atomic E-state index is 14.9. The Balaban J connectivity index is 1.99. The topological polar surface area (TPSA) is 138 Å². The van der Waals surface area contributed by atoms with Crippen molar-refractivity contribution in [2.75, 3.05) is 20.3 Å². The molecule has 2 aliphatic rings. The minimum absolute atomic E-state index is 0.0276. The molecule has 12 heteroatoms. The molecule has 10 nitrogen and oxygen atoms in total. The molecule has 3 N–H and O–H groups in total. The Kier molecular flexibility index (Phi) is 16.4. The summed E-state index contributed by atoms with van der Waals surface area (Å²) in [6.45, 7) is 13.9. The molecule has 1 saturated heterocycles. The minimum atomic E-state index is -1.59. The van der Waals surface area contributed by atoms with E-state index in [4.69, 9.17) is 18.9 Å². The predicted molar refractivity (Wildman–Crippen MR) is 197 cm³/mol. The number of nitrogens with zero attached hydrogens (tertiary/aromatic N) is 1. The van der Waals surface area contributed by atoms with Gasteiger partial charge in [0.2, 0.25) is 0 Å². The first-order valence-corrected chi connectivity index (χ1v) is 18.7. The highest BCUT2D eigenvalue weighted by atomic mass is 19.1. The number of aliphatic hydroxyl groups is 3. The molecule has 1 aromatic rings. The standard InChI is InChI=1S/C41H61F2NO9/c1-10-33(50-9)28(5)37-38(53-37)39(44(20-21-45)24-30-14-15-31(42)23-32(30)43)41(8,49)18-11-12-26(3)36-27(4)13-16-34(51-29(6)46)40(7,48)19-17-25(2)22-35(47)52-36/h11-16,18,23,25,27-28,33-34,36-39,45,48-49H,10,17,19-22,24H2,1-9H3. The molecule has 0 amide bonds. The lowest BCUT2D eigenvalue weighted by atomic mass is 9.85. The number of esters is 2. The van der Waals surface area contributed by atoms with Gasteiger partial charge >= 0.3 is 11.9 Å². The number of halogens is 2. The molecule has 0 radical (unpaired) electrons. The van der Waals surface area contributed by atoms with Crippen LogP contribution in [0.5, 0.6) is 0 Å². The molecule has 0 aromatic heterocycles. The minimum Gasteiger partial charge on any atom is -0.457 e. The van der Waals surface area contributed by atoms with Crippen molar-refractivity contribution in [2.24, 2.45) is 17.8 Å². The van der Waals surface area contributed by atoms with Gasteiger partial charge in [-0.05, 0) is 63.7 Å². The molecule has 0 spiro atoms. The zero-order valence-electron chi connectivity index (χ0n) is 32.8. The average Bonchev–Trinajstić information content (AvgIpc) is 3.85. The third-order valence-electron chi connectivity index (χ3n) is 10.6. The Morgan fingerprint density at radius 1 is 1.21 bits per heavy atom. The van der Waals surface area contributed by atoms with E-state index in [2.05, 4.69) is 0 Å². The van der Waals surface area contributed by atoms with Crippen molar-refractivity contribution in [3.05, 3.63) is 71.4 Å². The van der Waals surface area contributed by atoms with Crippen molar-refractivity contribution in [1.82, 2.24) is 4.90 Å². The van der Waals surface area contributed by atoms with E-state index < -0.39 is 53.2 Å². The van der Waals surface area contributed by atoms with Crippen LogP contribution in [0.1, 0.15) is 86.6 Å². The summed E-state index contributed by atoms with van der Waals surface area (Å²) >= 11 is 0. The first-order chi connectivity index (χ1) is 24.8. The summed E-state index contributed by atoms with van der Waals surface area (Å²) < 4.78 is 52.1. The van der Waals surface area contributed by atoms with Crippen LogP contribution < -0.4 is 0 Å². The van der Waals surface area contributed by atoms with E-state index >= 15 is 0 Å². The fourth-order valence-corrected chi connectivity index (χ4v) is 7.39. The number of allylic oxidation sites excluding steroid dienone is 2. The molecule has 11 atom stereocenters. The number of carbonyl (C=O) groups excluding carboxylic acids is 2. The third-order valence-corrected chi connectivity index (χ3v) is 10.6. The maximum Gasteiger partial charge on any atom is 0.306 e. The van der Waals surface area contributed by atoms with E-state index in [1.807, 2.05) is 27.7 Å². The van der Waals surface area contributed by atoms with Gasteiger partial charge in [0.05, 0.1) is 30.5 Å². The summed E-state index contributed by atoms with van der Waals surface area (Å²) in [5.74, 6) is -2.87. The van der Waals surface area contributed by atoms with Crippen LogP contribution in [0.15, 0.2) is 54.2 Å². The van der Waals surface area contributed by atoms with Crippen LogP contribution in [0.2, 0.25) is 0 Å². The number of hydrogen-bond donors (Lipinski definition) is 3. The number of rotatable bonds is 15. The van der Waals surface area contributed by atoms with Gasteiger partial charge in [0.1, 0.15) is 35.5 Å². The second-order valence-electron chi connectivity index (χ2n) is 15.4. The second-order valence-corrected chi connectivity index (χ2v) is 15.4. The van der Waals surface area contributed by atoms with Gasteiger partial charge in [-0.1, -0.05) is 58.1 Å². The van der Waals surface area contributed by atoms with Crippen LogP contribution in [0.25, 0.3) is 0 Å². The summed E-state index contributed by atoms with van der Waals surface area (Å²) in [6.07, 6.45) is 7.60. The van der Waals surface area contributed by atoms with Crippen LogP contribution >= 0.6 is 0 Å². The van der Waals surface area contributed by atoms with Crippen LogP contribution in [0.4, 0.5) is 8.78 Å². The van der Waals surface area contributed by atoms with Gasteiger partial charge < -0.3 is 34.3 Å². The first-order valence-electron chi connectivity index (χ1n) is 18.7. The summed E-state index contributed by atoms with van der Waals surface area (Å²) in [7, 11) is 1.64. The fraction of sp³-hybridized carbons (Fsp3) is 0.659. The van der Waals surface area contributed by atoms with Crippen LogP contribution in [-0.4, -0.2) is 100 Å². The highest BCUT2D eigenvalue weighted by Crippen LogP contribution is 2.41. The summed E-state index contributed by atoms with van der Waals surface area (Å²) in [6, 6.07) is 2.56. The van der Waals surface area contributed by atoms with Crippen molar-refractivity contribution < 1.29 is 52.6 Å². The van der Waals surface area contributed by atoms with E-state index in [9.17, 15) is 33.7 Å². The number of cyclic esters (lactones) is 1. The summed E-state index contributed by atoms with van der Waals surface area (Å²) in [5.41, 5.74) is -2.07. The van der Waals surface area contributed by atoms with E-state index in [0.717, 1.165) is 12.5 Å². The normalized spacial score (nSPS) is 30.2. The molecule has 53 heavy (non-hydrogen) atoms. The van der Waals surface area contributed by atoms with Gasteiger partial charge in [-0.3, -0.25) is 14.5 Å². The summed E-state index contributed by atoms with van der Waals surface area (Å²) in [5, 5.41) is 33.5. The Hall–Kier alpha value is -3.00. The van der Waals surface area contributed by atoms with Gasteiger partial charge in [0.15, 0.2) is 0 Å². The molecule has 2 heterocycles. The number of ether oxygens (including phenoxy) is 4. The smallest absolute Gasteiger partial charge is 0.306 e. The van der Waals surface area contributed by atoms with Crippen LogP contribution in [0, 0.1) is 29.4 Å². The van der Waals surface area contributed by atoms with Crippen molar-refractivity contribution in [1.29, 1.82) is 0 Å². The van der Waals surface area contributed by atoms with Crippen molar-refractivity contribution in [2.45, 2.75) is 135 Å². The number of hydrogen-bond acceptors (Lipinski definition) is 10. The maximum atomic E-state index is 14.9. The Labute approximate surface area is 313 Å². The second kappa shape index (κ2) is 19.5. The zero-order valence-corrected chi connectivity index (χ0v) is 32.8. The molecule has 2 aliphatic heterocycles. The molecular weight excluding hydrogens is 688 g/mol. The van der Waals surface area contributed by atoms with E-state index in [1.54, 1.807) is 63.2 Å².